The summed E-state index contributed by atoms with van der Waals surface area (Å²) in [5, 5.41) is 0. The second kappa shape index (κ2) is 5.58. The Morgan fingerprint density at radius 2 is 1.67 bits per heavy atom. The van der Waals surface area contributed by atoms with Crippen molar-refractivity contribution in [1.82, 2.24) is 9.71 Å². The fourth-order valence-corrected chi connectivity index (χ4v) is 3.95. The highest BCUT2D eigenvalue weighted by Crippen LogP contribution is 2.24. The molecule has 4 nitrogen and oxygen atoms in total. The fourth-order valence-electron chi connectivity index (χ4n) is 2.22. The van der Waals surface area contributed by atoms with Gasteiger partial charge in [0.05, 0.1) is 10.4 Å². The molecule has 0 unspecified atom stereocenters. The predicted octanol–water partition coefficient (Wildman–Crippen LogP) is 2.91. The number of nitrogens with zero attached hydrogens (tertiary/aromatic N) is 1. The van der Waals surface area contributed by atoms with E-state index in [-0.39, 0.29) is 0 Å². The van der Waals surface area contributed by atoms with Gasteiger partial charge in [0.25, 0.3) is 0 Å². The summed E-state index contributed by atoms with van der Waals surface area (Å²) in [5.41, 5.74) is 1.81. The van der Waals surface area contributed by atoms with Crippen LogP contribution < -0.4 is 4.72 Å². The van der Waals surface area contributed by atoms with E-state index in [1.807, 2.05) is 45.0 Å². The molecular formula is C16H20N2O2S. The highest BCUT2D eigenvalue weighted by atomic mass is 32.2. The van der Waals surface area contributed by atoms with Gasteiger partial charge in [0.15, 0.2) is 0 Å². The molecule has 0 fully saturated rings. The molecule has 2 aromatic rings. The lowest BCUT2D eigenvalue weighted by Crippen LogP contribution is -2.41. The Labute approximate surface area is 126 Å². The van der Waals surface area contributed by atoms with Crippen LogP contribution in [0.25, 0.3) is 0 Å². The molecule has 0 aliphatic rings. The van der Waals surface area contributed by atoms with E-state index in [4.69, 9.17) is 0 Å². The Balaban J connectivity index is 2.40. The molecule has 0 amide bonds. The lowest BCUT2D eigenvalue weighted by atomic mass is 9.97. The molecule has 0 aliphatic heterocycles. The zero-order valence-electron chi connectivity index (χ0n) is 12.7. The number of hydrogen-bond donors (Lipinski definition) is 1. The molecule has 1 N–H and O–H groups in total. The molecule has 5 heteroatoms. The van der Waals surface area contributed by atoms with Gasteiger partial charge in [-0.25, -0.2) is 13.1 Å². The van der Waals surface area contributed by atoms with Gasteiger partial charge in [0.2, 0.25) is 10.0 Å². The third-order valence-electron chi connectivity index (χ3n) is 3.42. The van der Waals surface area contributed by atoms with E-state index in [2.05, 4.69) is 9.71 Å². The number of aromatic nitrogens is 1. The number of pyridine rings is 1. The maximum absolute atomic E-state index is 12.7. The van der Waals surface area contributed by atoms with Gasteiger partial charge in [-0.15, -0.1) is 0 Å². The first-order chi connectivity index (χ1) is 9.72. The molecule has 112 valence electrons. The number of hydrogen-bond acceptors (Lipinski definition) is 3. The Bertz CT molecular complexity index is 738. The van der Waals surface area contributed by atoms with E-state index in [0.717, 1.165) is 16.7 Å². The van der Waals surface area contributed by atoms with Crippen molar-refractivity contribution in [3.63, 3.8) is 0 Å². The van der Waals surface area contributed by atoms with Crippen molar-refractivity contribution in [3.05, 3.63) is 59.4 Å². The summed E-state index contributed by atoms with van der Waals surface area (Å²) in [6, 6.07) is 9.04. The Morgan fingerprint density at radius 1 is 1.05 bits per heavy atom. The van der Waals surface area contributed by atoms with Gasteiger partial charge in [0.1, 0.15) is 0 Å². The first-order valence-corrected chi connectivity index (χ1v) is 8.22. The van der Waals surface area contributed by atoms with Crippen molar-refractivity contribution in [3.8, 4) is 0 Å². The topological polar surface area (TPSA) is 59.1 Å². The van der Waals surface area contributed by atoms with Crippen molar-refractivity contribution in [2.45, 2.75) is 38.1 Å². The Kier molecular flexibility index (Phi) is 4.16. The summed E-state index contributed by atoms with van der Waals surface area (Å²) in [7, 11) is -3.59. The van der Waals surface area contributed by atoms with Crippen molar-refractivity contribution in [2.24, 2.45) is 0 Å². The number of rotatable bonds is 4. The summed E-state index contributed by atoms with van der Waals surface area (Å²) >= 11 is 0. The standard InChI is InChI=1S/C16H20N2O2S/c1-12-5-6-13(2)15(11-12)21(19,20)18-16(3,4)14-7-9-17-10-8-14/h5-11,18H,1-4H3. The van der Waals surface area contributed by atoms with Crippen molar-refractivity contribution in [1.29, 1.82) is 0 Å². The SMILES string of the molecule is Cc1ccc(C)c(S(=O)(=O)NC(C)(C)c2ccncc2)c1. The minimum absolute atomic E-state index is 0.324. The molecule has 2 rings (SSSR count). The van der Waals surface area contributed by atoms with Crippen LogP contribution in [0, 0.1) is 13.8 Å². The molecule has 0 radical (unpaired) electrons. The molecule has 0 spiro atoms. The lowest BCUT2D eigenvalue weighted by Gasteiger charge is -2.27. The van der Waals surface area contributed by atoms with Gasteiger partial charge in [-0.3, -0.25) is 4.98 Å². The summed E-state index contributed by atoms with van der Waals surface area (Å²) in [4.78, 5) is 4.29. The van der Waals surface area contributed by atoms with Crippen LogP contribution in [0.3, 0.4) is 0 Å². The molecule has 0 saturated heterocycles. The van der Waals surface area contributed by atoms with E-state index < -0.39 is 15.6 Å². The van der Waals surface area contributed by atoms with E-state index in [9.17, 15) is 8.42 Å². The van der Waals surface area contributed by atoms with Gasteiger partial charge in [-0.1, -0.05) is 12.1 Å². The molecule has 1 heterocycles. The first kappa shape index (κ1) is 15.7. The summed E-state index contributed by atoms with van der Waals surface area (Å²) in [6.07, 6.45) is 3.31. The predicted molar refractivity (Wildman–Crippen MR) is 83.5 cm³/mol. The van der Waals surface area contributed by atoms with Crippen LogP contribution in [0.1, 0.15) is 30.5 Å². The molecule has 1 aromatic heterocycles. The molecule has 1 aromatic carbocycles. The van der Waals surface area contributed by atoms with E-state index in [0.29, 0.717) is 4.90 Å². The van der Waals surface area contributed by atoms with Gasteiger partial charge >= 0.3 is 0 Å². The number of aryl methyl sites for hydroxylation is 2. The highest BCUT2D eigenvalue weighted by Gasteiger charge is 2.28. The van der Waals surface area contributed by atoms with E-state index in [1.165, 1.54) is 0 Å². The minimum atomic E-state index is -3.59. The van der Waals surface area contributed by atoms with Crippen molar-refractivity contribution < 1.29 is 8.42 Å². The zero-order valence-corrected chi connectivity index (χ0v) is 13.5. The van der Waals surface area contributed by atoms with Crippen molar-refractivity contribution in [2.75, 3.05) is 0 Å². The summed E-state index contributed by atoms with van der Waals surface area (Å²) in [5.74, 6) is 0. The van der Waals surface area contributed by atoms with Crippen LogP contribution in [0.5, 0.6) is 0 Å². The van der Waals surface area contributed by atoms with Crippen LogP contribution in [0.15, 0.2) is 47.6 Å². The molecular weight excluding hydrogens is 284 g/mol. The third-order valence-corrected chi connectivity index (χ3v) is 5.22. The lowest BCUT2D eigenvalue weighted by molar-refractivity contribution is 0.471. The molecule has 0 atom stereocenters. The fraction of sp³-hybridized carbons (Fsp3) is 0.312. The second-order valence-corrected chi connectivity index (χ2v) is 7.39. The van der Waals surface area contributed by atoms with Crippen LogP contribution >= 0.6 is 0 Å². The average Bonchev–Trinajstić information content (AvgIpc) is 2.41. The van der Waals surface area contributed by atoms with Gasteiger partial charge in [-0.05, 0) is 62.6 Å². The summed E-state index contributed by atoms with van der Waals surface area (Å²) < 4.78 is 28.1. The quantitative estimate of drug-likeness (QED) is 0.945. The summed E-state index contributed by atoms with van der Waals surface area (Å²) in [6.45, 7) is 7.36. The normalized spacial score (nSPS) is 12.4. The van der Waals surface area contributed by atoms with Crippen LogP contribution in [0.4, 0.5) is 0 Å². The van der Waals surface area contributed by atoms with Gasteiger partial charge in [-0.2, -0.15) is 0 Å². The van der Waals surface area contributed by atoms with E-state index in [1.54, 1.807) is 25.4 Å². The molecule has 0 saturated carbocycles. The van der Waals surface area contributed by atoms with Crippen molar-refractivity contribution >= 4 is 10.0 Å². The Hall–Kier alpha value is -1.72. The van der Waals surface area contributed by atoms with Crippen LogP contribution in [-0.4, -0.2) is 13.4 Å². The zero-order chi connectivity index (χ0) is 15.7. The molecule has 0 aliphatic carbocycles. The second-order valence-electron chi connectivity index (χ2n) is 5.74. The highest BCUT2D eigenvalue weighted by molar-refractivity contribution is 7.89. The van der Waals surface area contributed by atoms with Crippen LogP contribution in [0.2, 0.25) is 0 Å². The van der Waals surface area contributed by atoms with Gasteiger partial charge < -0.3 is 0 Å². The number of sulfonamides is 1. The molecule has 0 bridgehead atoms. The largest absolute Gasteiger partial charge is 0.265 e. The first-order valence-electron chi connectivity index (χ1n) is 6.74. The number of benzene rings is 1. The third kappa shape index (κ3) is 3.49. The van der Waals surface area contributed by atoms with E-state index >= 15 is 0 Å². The smallest absolute Gasteiger partial charge is 0.241 e. The Morgan fingerprint density at radius 3 is 2.29 bits per heavy atom. The molecule has 21 heavy (non-hydrogen) atoms. The minimum Gasteiger partial charge on any atom is -0.265 e. The van der Waals surface area contributed by atoms with Gasteiger partial charge in [0, 0.05) is 12.4 Å². The maximum Gasteiger partial charge on any atom is 0.241 e. The van der Waals surface area contributed by atoms with Crippen LogP contribution in [-0.2, 0) is 15.6 Å². The maximum atomic E-state index is 12.7. The number of nitrogens with one attached hydrogen (secondary N) is 1. The monoisotopic (exact) mass is 304 g/mol. The average molecular weight is 304 g/mol.